The molecule has 0 radical (unpaired) electrons. The molecule has 2 heterocycles. The first kappa shape index (κ1) is 20.1. The number of ether oxygens (including phenoxy) is 2. The standard InChI is InChI=1S/C21H27N3O4/c1-3-12-24-19(25)9-8-18(23-24)20(26)22-15-21(10-13-28-14-11-21)16-4-6-17(27-2)7-5-16/h4-9H,3,10-15H2,1-2H3,(H,22,26). The summed E-state index contributed by atoms with van der Waals surface area (Å²) < 4.78 is 12.1. The number of aromatic nitrogens is 2. The van der Waals surface area contributed by atoms with Gasteiger partial charge in [0.25, 0.3) is 11.5 Å². The molecule has 1 aromatic heterocycles. The highest BCUT2D eigenvalue weighted by molar-refractivity contribution is 5.92. The number of carbonyl (C=O) groups excluding carboxylic acids is 1. The Morgan fingerprint density at radius 1 is 1.21 bits per heavy atom. The van der Waals surface area contributed by atoms with Crippen LogP contribution in [-0.4, -0.2) is 42.6 Å². The zero-order valence-corrected chi connectivity index (χ0v) is 16.4. The Morgan fingerprint density at radius 3 is 2.57 bits per heavy atom. The Morgan fingerprint density at radius 2 is 1.93 bits per heavy atom. The van der Waals surface area contributed by atoms with Crippen molar-refractivity contribution in [2.24, 2.45) is 0 Å². The van der Waals surface area contributed by atoms with Crippen molar-refractivity contribution in [3.8, 4) is 5.75 Å². The maximum atomic E-state index is 12.7. The van der Waals surface area contributed by atoms with Crippen molar-refractivity contribution in [3.05, 3.63) is 58.0 Å². The maximum Gasteiger partial charge on any atom is 0.271 e. The van der Waals surface area contributed by atoms with Crippen molar-refractivity contribution in [2.45, 2.75) is 38.1 Å². The number of amides is 1. The molecule has 1 saturated heterocycles. The van der Waals surface area contributed by atoms with Gasteiger partial charge in [-0.1, -0.05) is 19.1 Å². The zero-order valence-electron chi connectivity index (χ0n) is 16.4. The fourth-order valence-corrected chi connectivity index (χ4v) is 3.56. The van der Waals surface area contributed by atoms with Crippen LogP contribution in [0.3, 0.4) is 0 Å². The third-order valence-electron chi connectivity index (χ3n) is 5.27. The lowest BCUT2D eigenvalue weighted by Gasteiger charge is -2.38. The first-order valence-corrected chi connectivity index (χ1v) is 9.66. The predicted octanol–water partition coefficient (Wildman–Crippen LogP) is 2.14. The predicted molar refractivity (Wildman–Crippen MR) is 106 cm³/mol. The number of nitrogens with zero attached hydrogens (tertiary/aromatic N) is 2. The number of benzene rings is 1. The van der Waals surface area contributed by atoms with Crippen LogP contribution in [0.2, 0.25) is 0 Å². The van der Waals surface area contributed by atoms with Crippen molar-refractivity contribution >= 4 is 5.91 Å². The maximum absolute atomic E-state index is 12.7. The minimum atomic E-state index is -0.274. The fourth-order valence-electron chi connectivity index (χ4n) is 3.56. The second-order valence-corrected chi connectivity index (χ2v) is 7.08. The lowest BCUT2D eigenvalue weighted by molar-refractivity contribution is 0.0486. The van der Waals surface area contributed by atoms with E-state index in [4.69, 9.17) is 9.47 Å². The monoisotopic (exact) mass is 385 g/mol. The van der Waals surface area contributed by atoms with Gasteiger partial charge in [-0.25, -0.2) is 4.68 Å². The molecule has 3 rings (SSSR count). The van der Waals surface area contributed by atoms with E-state index in [0.717, 1.165) is 30.6 Å². The second-order valence-electron chi connectivity index (χ2n) is 7.08. The first-order chi connectivity index (χ1) is 13.6. The van der Waals surface area contributed by atoms with Crippen LogP contribution in [0.1, 0.15) is 42.2 Å². The summed E-state index contributed by atoms with van der Waals surface area (Å²) in [6, 6.07) is 10.9. The van der Waals surface area contributed by atoms with E-state index in [9.17, 15) is 9.59 Å². The van der Waals surface area contributed by atoms with Gasteiger partial charge in [-0.2, -0.15) is 5.10 Å². The number of nitrogens with one attached hydrogen (secondary N) is 1. The Kier molecular flexibility index (Phi) is 6.46. The number of methoxy groups -OCH3 is 1. The highest BCUT2D eigenvalue weighted by Gasteiger charge is 2.35. The molecule has 0 spiro atoms. The van der Waals surface area contributed by atoms with Crippen LogP contribution in [0.5, 0.6) is 5.75 Å². The van der Waals surface area contributed by atoms with Crippen LogP contribution in [0.4, 0.5) is 0 Å². The molecule has 150 valence electrons. The number of hydrogen-bond acceptors (Lipinski definition) is 5. The molecule has 0 saturated carbocycles. The summed E-state index contributed by atoms with van der Waals surface area (Å²) in [5, 5.41) is 7.22. The average molecular weight is 385 g/mol. The number of rotatable bonds is 7. The van der Waals surface area contributed by atoms with Crippen LogP contribution in [-0.2, 0) is 16.7 Å². The Balaban J connectivity index is 1.77. The fraction of sp³-hybridized carbons (Fsp3) is 0.476. The van der Waals surface area contributed by atoms with Gasteiger partial charge < -0.3 is 14.8 Å². The molecule has 7 heteroatoms. The molecular formula is C21H27N3O4. The molecule has 1 N–H and O–H groups in total. The van der Waals surface area contributed by atoms with Crippen molar-refractivity contribution in [3.63, 3.8) is 0 Å². The van der Waals surface area contributed by atoms with Gasteiger partial charge in [0.05, 0.1) is 7.11 Å². The van der Waals surface area contributed by atoms with Gasteiger partial charge in [0.2, 0.25) is 0 Å². The Labute approximate surface area is 164 Å². The third kappa shape index (κ3) is 4.42. The molecule has 2 aromatic rings. The molecular weight excluding hydrogens is 358 g/mol. The van der Waals surface area contributed by atoms with Crippen molar-refractivity contribution < 1.29 is 14.3 Å². The van der Waals surface area contributed by atoms with Crippen LogP contribution in [0.15, 0.2) is 41.2 Å². The van der Waals surface area contributed by atoms with Crippen LogP contribution >= 0.6 is 0 Å². The highest BCUT2D eigenvalue weighted by atomic mass is 16.5. The normalized spacial score (nSPS) is 15.8. The Hall–Kier alpha value is -2.67. The summed E-state index contributed by atoms with van der Waals surface area (Å²) in [7, 11) is 1.64. The van der Waals surface area contributed by atoms with Gasteiger partial charge in [0.15, 0.2) is 0 Å². The van der Waals surface area contributed by atoms with E-state index in [1.54, 1.807) is 7.11 Å². The van der Waals surface area contributed by atoms with Crippen LogP contribution < -0.4 is 15.6 Å². The van der Waals surface area contributed by atoms with Gasteiger partial charge in [-0.15, -0.1) is 0 Å². The zero-order chi connectivity index (χ0) is 20.0. The van der Waals surface area contributed by atoms with Crippen molar-refractivity contribution in [1.82, 2.24) is 15.1 Å². The SMILES string of the molecule is CCCn1nc(C(=O)NCC2(c3ccc(OC)cc3)CCOCC2)ccc1=O. The van der Waals surface area contributed by atoms with Gasteiger partial charge >= 0.3 is 0 Å². The van der Waals surface area contributed by atoms with Crippen LogP contribution in [0, 0.1) is 0 Å². The molecule has 0 aliphatic carbocycles. The van der Waals surface area contributed by atoms with E-state index >= 15 is 0 Å². The van der Waals surface area contributed by atoms with E-state index in [-0.39, 0.29) is 22.6 Å². The molecule has 0 unspecified atom stereocenters. The summed E-state index contributed by atoms with van der Waals surface area (Å²) in [6.45, 7) is 4.25. The minimum absolute atomic E-state index is 0.196. The van der Waals surface area contributed by atoms with Gasteiger partial charge in [0, 0.05) is 37.8 Å². The van der Waals surface area contributed by atoms with Gasteiger partial charge in [-0.3, -0.25) is 9.59 Å². The molecule has 7 nitrogen and oxygen atoms in total. The third-order valence-corrected chi connectivity index (χ3v) is 5.27. The van der Waals surface area contributed by atoms with Crippen molar-refractivity contribution in [1.29, 1.82) is 0 Å². The summed E-state index contributed by atoms with van der Waals surface area (Å²) in [4.78, 5) is 24.5. The topological polar surface area (TPSA) is 82.5 Å². The molecule has 1 amide bonds. The van der Waals surface area contributed by atoms with Crippen molar-refractivity contribution in [2.75, 3.05) is 26.9 Å². The van der Waals surface area contributed by atoms with E-state index in [1.807, 2.05) is 19.1 Å². The summed E-state index contributed by atoms with van der Waals surface area (Å²) in [6.07, 6.45) is 2.42. The summed E-state index contributed by atoms with van der Waals surface area (Å²) >= 11 is 0. The highest BCUT2D eigenvalue weighted by Crippen LogP contribution is 2.35. The van der Waals surface area contributed by atoms with E-state index in [2.05, 4.69) is 22.5 Å². The quantitative estimate of drug-likeness (QED) is 0.790. The number of carbonyl (C=O) groups is 1. The summed E-state index contributed by atoms with van der Waals surface area (Å²) in [5.74, 6) is 0.529. The lowest BCUT2D eigenvalue weighted by atomic mass is 9.74. The molecule has 1 fully saturated rings. The van der Waals surface area contributed by atoms with Crippen LogP contribution in [0.25, 0.3) is 0 Å². The molecule has 1 aliphatic heterocycles. The smallest absolute Gasteiger partial charge is 0.271 e. The first-order valence-electron chi connectivity index (χ1n) is 9.66. The molecule has 1 aliphatic rings. The van der Waals surface area contributed by atoms with E-state index in [1.165, 1.54) is 16.8 Å². The number of aryl methyl sites for hydroxylation is 1. The molecule has 0 bridgehead atoms. The second kappa shape index (κ2) is 9.01. The summed E-state index contributed by atoms with van der Waals surface area (Å²) in [5.41, 5.74) is 1.02. The number of hydrogen-bond donors (Lipinski definition) is 1. The van der Waals surface area contributed by atoms with E-state index in [0.29, 0.717) is 26.3 Å². The molecule has 28 heavy (non-hydrogen) atoms. The average Bonchev–Trinajstić information content (AvgIpc) is 2.74. The van der Waals surface area contributed by atoms with Gasteiger partial charge in [0.1, 0.15) is 11.4 Å². The Bertz CT molecular complexity index is 855. The lowest BCUT2D eigenvalue weighted by Crippen LogP contribution is -2.45. The molecule has 1 aromatic carbocycles. The minimum Gasteiger partial charge on any atom is -0.497 e. The largest absolute Gasteiger partial charge is 0.497 e. The molecule has 0 atom stereocenters. The van der Waals surface area contributed by atoms with E-state index < -0.39 is 0 Å². The van der Waals surface area contributed by atoms with Gasteiger partial charge in [-0.05, 0) is 43.0 Å².